The minimum absolute atomic E-state index is 0.126. The fourth-order valence-corrected chi connectivity index (χ4v) is 2.29. The van der Waals surface area contributed by atoms with Gasteiger partial charge >= 0.3 is 0 Å². The molecule has 0 fully saturated rings. The molecule has 0 saturated carbocycles. The minimum atomic E-state index is -0.126. The van der Waals surface area contributed by atoms with Gasteiger partial charge in [-0.1, -0.05) is 6.07 Å². The Hall–Kier alpha value is -0.930. The van der Waals surface area contributed by atoms with Crippen molar-refractivity contribution in [2.24, 2.45) is 0 Å². The molecule has 0 bridgehead atoms. The Balaban J connectivity index is 1.91. The Morgan fingerprint density at radius 1 is 1.50 bits per heavy atom. The Morgan fingerprint density at radius 3 is 3.19 bits per heavy atom. The molecular formula is C13H18FNO. The summed E-state index contributed by atoms with van der Waals surface area (Å²) in [5, 5.41) is 3.49. The summed E-state index contributed by atoms with van der Waals surface area (Å²) in [5.41, 5.74) is 2.42. The highest BCUT2D eigenvalue weighted by molar-refractivity contribution is 5.34. The van der Waals surface area contributed by atoms with Crippen LogP contribution >= 0.6 is 0 Å². The molecule has 1 aromatic rings. The van der Waals surface area contributed by atoms with Crippen molar-refractivity contribution in [3.63, 3.8) is 0 Å². The van der Waals surface area contributed by atoms with Crippen LogP contribution in [-0.4, -0.2) is 20.3 Å². The fourth-order valence-electron chi connectivity index (χ4n) is 2.29. The smallest absolute Gasteiger partial charge is 0.123 e. The third-order valence-corrected chi connectivity index (χ3v) is 3.10. The minimum Gasteiger partial charge on any atom is -0.385 e. The molecule has 1 N–H and O–H groups in total. The van der Waals surface area contributed by atoms with Gasteiger partial charge in [0.15, 0.2) is 0 Å². The monoisotopic (exact) mass is 223 g/mol. The molecule has 2 rings (SSSR count). The van der Waals surface area contributed by atoms with E-state index < -0.39 is 0 Å². The van der Waals surface area contributed by atoms with Gasteiger partial charge in [0.05, 0.1) is 0 Å². The number of halogens is 1. The summed E-state index contributed by atoms with van der Waals surface area (Å²) >= 11 is 0. The van der Waals surface area contributed by atoms with E-state index >= 15 is 0 Å². The van der Waals surface area contributed by atoms with Gasteiger partial charge in [0, 0.05) is 19.8 Å². The van der Waals surface area contributed by atoms with E-state index in [0.29, 0.717) is 6.04 Å². The number of nitrogens with one attached hydrogen (secondary N) is 1. The lowest BCUT2D eigenvalue weighted by Gasteiger charge is -2.13. The van der Waals surface area contributed by atoms with Crippen LogP contribution in [0, 0.1) is 5.82 Å². The van der Waals surface area contributed by atoms with Crippen LogP contribution in [0.4, 0.5) is 4.39 Å². The van der Waals surface area contributed by atoms with Crippen LogP contribution < -0.4 is 5.32 Å². The van der Waals surface area contributed by atoms with E-state index in [1.807, 2.05) is 6.07 Å². The first-order chi connectivity index (χ1) is 7.81. The third-order valence-electron chi connectivity index (χ3n) is 3.10. The number of hydrogen-bond donors (Lipinski definition) is 1. The number of hydrogen-bond acceptors (Lipinski definition) is 2. The lowest BCUT2D eigenvalue weighted by molar-refractivity contribution is 0.193. The molecule has 0 aliphatic heterocycles. The van der Waals surface area contributed by atoms with E-state index in [9.17, 15) is 4.39 Å². The molecule has 1 aliphatic carbocycles. The largest absolute Gasteiger partial charge is 0.385 e. The maximum atomic E-state index is 13.0. The quantitative estimate of drug-likeness (QED) is 0.774. The summed E-state index contributed by atoms with van der Waals surface area (Å²) in [6.07, 6.45) is 3.07. The van der Waals surface area contributed by atoms with E-state index in [0.717, 1.165) is 38.0 Å². The lowest BCUT2D eigenvalue weighted by Crippen LogP contribution is -2.21. The van der Waals surface area contributed by atoms with Crippen molar-refractivity contribution in [1.29, 1.82) is 0 Å². The highest BCUT2D eigenvalue weighted by Crippen LogP contribution is 2.31. The molecule has 3 heteroatoms. The van der Waals surface area contributed by atoms with E-state index in [4.69, 9.17) is 4.74 Å². The van der Waals surface area contributed by atoms with Gasteiger partial charge in [0.2, 0.25) is 0 Å². The van der Waals surface area contributed by atoms with Gasteiger partial charge < -0.3 is 10.1 Å². The molecular weight excluding hydrogens is 205 g/mol. The van der Waals surface area contributed by atoms with Crippen LogP contribution in [0.3, 0.4) is 0 Å². The van der Waals surface area contributed by atoms with Gasteiger partial charge in [-0.15, -0.1) is 0 Å². The Bertz CT molecular complexity index is 354. The summed E-state index contributed by atoms with van der Waals surface area (Å²) in [4.78, 5) is 0. The number of rotatable bonds is 5. The number of fused-ring (bicyclic) bond motifs is 1. The molecule has 0 spiro atoms. The van der Waals surface area contributed by atoms with Gasteiger partial charge in [0.25, 0.3) is 0 Å². The molecule has 16 heavy (non-hydrogen) atoms. The average Bonchev–Trinajstić information content (AvgIpc) is 2.67. The molecule has 0 amide bonds. The molecule has 0 heterocycles. The molecule has 1 aliphatic rings. The van der Waals surface area contributed by atoms with Crippen LogP contribution in [0.1, 0.15) is 30.0 Å². The van der Waals surface area contributed by atoms with Crippen molar-refractivity contribution in [3.05, 3.63) is 35.1 Å². The van der Waals surface area contributed by atoms with Crippen molar-refractivity contribution in [1.82, 2.24) is 5.32 Å². The summed E-state index contributed by atoms with van der Waals surface area (Å²) in [6.45, 7) is 1.74. The predicted molar refractivity (Wildman–Crippen MR) is 62.0 cm³/mol. The van der Waals surface area contributed by atoms with Gasteiger partial charge in [-0.05, 0) is 49.1 Å². The maximum absolute atomic E-state index is 13.0. The van der Waals surface area contributed by atoms with E-state index in [2.05, 4.69) is 5.32 Å². The van der Waals surface area contributed by atoms with Crippen LogP contribution in [0.2, 0.25) is 0 Å². The normalized spacial score (nSPS) is 18.8. The van der Waals surface area contributed by atoms with E-state index in [1.165, 1.54) is 5.56 Å². The third kappa shape index (κ3) is 2.60. The molecule has 0 radical (unpaired) electrons. The standard InChI is InChI=1S/C13H18FNO/c1-16-8-2-7-15-13-6-3-10-9-11(14)4-5-12(10)13/h4-5,9,13,15H,2-3,6-8H2,1H3. The van der Waals surface area contributed by atoms with Crippen molar-refractivity contribution in [2.75, 3.05) is 20.3 Å². The summed E-state index contributed by atoms with van der Waals surface area (Å²) in [7, 11) is 1.72. The van der Waals surface area contributed by atoms with Crippen LogP contribution in [0.5, 0.6) is 0 Å². The van der Waals surface area contributed by atoms with Gasteiger partial charge in [0.1, 0.15) is 5.82 Å². The van der Waals surface area contributed by atoms with Crippen molar-refractivity contribution >= 4 is 0 Å². The maximum Gasteiger partial charge on any atom is 0.123 e. The van der Waals surface area contributed by atoms with Crippen LogP contribution in [0.15, 0.2) is 18.2 Å². The zero-order valence-corrected chi connectivity index (χ0v) is 9.63. The van der Waals surface area contributed by atoms with Crippen molar-refractivity contribution < 1.29 is 9.13 Å². The predicted octanol–water partition coefficient (Wildman–Crippen LogP) is 2.44. The Morgan fingerprint density at radius 2 is 2.38 bits per heavy atom. The first-order valence-electron chi connectivity index (χ1n) is 5.82. The highest BCUT2D eigenvalue weighted by Gasteiger charge is 2.21. The number of benzene rings is 1. The summed E-state index contributed by atoms with van der Waals surface area (Å²) < 4.78 is 18.0. The fraction of sp³-hybridized carbons (Fsp3) is 0.538. The second-order valence-electron chi connectivity index (χ2n) is 4.23. The number of methoxy groups -OCH3 is 1. The Labute approximate surface area is 95.8 Å². The van der Waals surface area contributed by atoms with Crippen LogP contribution in [-0.2, 0) is 11.2 Å². The SMILES string of the molecule is COCCCNC1CCc2cc(F)ccc21. The second kappa shape index (κ2) is 5.41. The van der Waals surface area contributed by atoms with E-state index in [1.54, 1.807) is 19.2 Å². The molecule has 1 aromatic carbocycles. The average molecular weight is 223 g/mol. The molecule has 1 unspecified atom stereocenters. The number of aryl methyl sites for hydroxylation is 1. The molecule has 88 valence electrons. The van der Waals surface area contributed by atoms with Crippen LogP contribution in [0.25, 0.3) is 0 Å². The van der Waals surface area contributed by atoms with Gasteiger partial charge in [-0.25, -0.2) is 4.39 Å². The first-order valence-corrected chi connectivity index (χ1v) is 5.82. The molecule has 0 aromatic heterocycles. The number of ether oxygens (including phenoxy) is 1. The first kappa shape index (κ1) is 11.6. The summed E-state index contributed by atoms with van der Waals surface area (Å²) in [5.74, 6) is -0.126. The van der Waals surface area contributed by atoms with Crippen molar-refractivity contribution in [2.45, 2.75) is 25.3 Å². The highest BCUT2D eigenvalue weighted by atomic mass is 19.1. The van der Waals surface area contributed by atoms with Crippen molar-refractivity contribution in [3.8, 4) is 0 Å². The zero-order valence-electron chi connectivity index (χ0n) is 9.63. The topological polar surface area (TPSA) is 21.3 Å². The van der Waals surface area contributed by atoms with E-state index in [-0.39, 0.29) is 5.82 Å². The van der Waals surface area contributed by atoms with Gasteiger partial charge in [-0.2, -0.15) is 0 Å². The molecule has 0 saturated heterocycles. The molecule has 1 atom stereocenters. The summed E-state index contributed by atoms with van der Waals surface area (Å²) in [6, 6.07) is 5.51. The zero-order chi connectivity index (χ0) is 11.4. The second-order valence-corrected chi connectivity index (χ2v) is 4.23. The lowest BCUT2D eigenvalue weighted by atomic mass is 10.1. The van der Waals surface area contributed by atoms with Gasteiger partial charge in [-0.3, -0.25) is 0 Å². The Kier molecular flexibility index (Phi) is 3.91. The molecule has 2 nitrogen and oxygen atoms in total.